The summed E-state index contributed by atoms with van der Waals surface area (Å²) in [6.45, 7) is 0.356. The molecule has 2 heterocycles. The molecule has 0 fully saturated rings. The van der Waals surface area contributed by atoms with Gasteiger partial charge in [-0.05, 0) is 24.3 Å². The maximum absolute atomic E-state index is 13.4. The van der Waals surface area contributed by atoms with Crippen LogP contribution in [0.1, 0.15) is 23.6 Å². The van der Waals surface area contributed by atoms with Gasteiger partial charge in [0.1, 0.15) is 5.75 Å². The predicted molar refractivity (Wildman–Crippen MR) is 143 cm³/mol. The van der Waals surface area contributed by atoms with E-state index < -0.39 is 0 Å². The normalized spacial score (nSPS) is 15.0. The molecule has 0 saturated carbocycles. The summed E-state index contributed by atoms with van der Waals surface area (Å²) in [7, 11) is 1.63. The number of carbonyl (C=O) groups excluding carboxylic acids is 1. The minimum absolute atomic E-state index is 0.0446. The van der Waals surface area contributed by atoms with Crippen molar-refractivity contribution in [1.82, 2.24) is 20.1 Å². The lowest BCUT2D eigenvalue weighted by Crippen LogP contribution is -2.36. The molecule has 0 spiro atoms. The first kappa shape index (κ1) is 24.4. The zero-order chi connectivity index (χ0) is 25.6. The van der Waals surface area contributed by atoms with Crippen LogP contribution in [-0.4, -0.2) is 58.3 Å². The van der Waals surface area contributed by atoms with Gasteiger partial charge < -0.3 is 15.2 Å². The first-order valence-electron chi connectivity index (χ1n) is 12.2. The van der Waals surface area contributed by atoms with Gasteiger partial charge >= 0.3 is 0 Å². The number of methoxy groups -OCH3 is 1. The van der Waals surface area contributed by atoms with E-state index in [4.69, 9.17) is 20.0 Å². The standard InChI is InChI=1S/C29H29N5O3/c1-37-24-14-8-11-22(17-24)26-18-27(34(31-26)28(36)19-30-15-16-35)25-20-33(23-12-6-3-7-13-23)32-29(25)21-9-4-2-5-10-21/h2-14,17,20,27,30,35H,15-16,18-19H2,1H3. The van der Waals surface area contributed by atoms with Crippen molar-refractivity contribution in [3.05, 3.63) is 102 Å². The maximum atomic E-state index is 13.4. The van der Waals surface area contributed by atoms with E-state index in [1.165, 1.54) is 0 Å². The second-order valence-electron chi connectivity index (χ2n) is 8.72. The van der Waals surface area contributed by atoms with Gasteiger partial charge in [0.25, 0.3) is 5.91 Å². The summed E-state index contributed by atoms with van der Waals surface area (Å²) >= 11 is 0. The van der Waals surface area contributed by atoms with Crippen LogP contribution in [0.2, 0.25) is 0 Å². The zero-order valence-corrected chi connectivity index (χ0v) is 20.6. The number of para-hydroxylation sites is 1. The number of carbonyl (C=O) groups is 1. The van der Waals surface area contributed by atoms with E-state index in [0.29, 0.717) is 13.0 Å². The molecule has 2 N–H and O–H groups in total. The second-order valence-corrected chi connectivity index (χ2v) is 8.72. The van der Waals surface area contributed by atoms with Crippen LogP contribution in [-0.2, 0) is 4.79 Å². The van der Waals surface area contributed by atoms with Crippen LogP contribution in [0.3, 0.4) is 0 Å². The largest absolute Gasteiger partial charge is 0.497 e. The number of nitrogens with zero attached hydrogens (tertiary/aromatic N) is 4. The molecule has 1 amide bonds. The van der Waals surface area contributed by atoms with Crippen molar-refractivity contribution in [3.8, 4) is 22.7 Å². The Hall–Kier alpha value is -4.27. The van der Waals surface area contributed by atoms with Crippen LogP contribution in [0.25, 0.3) is 16.9 Å². The number of amides is 1. The Morgan fingerprint density at radius 3 is 2.49 bits per heavy atom. The molecule has 8 heteroatoms. The SMILES string of the molecule is COc1cccc(C2=NN(C(=O)CNCCO)C(c3cn(-c4ccccc4)nc3-c3ccccc3)C2)c1. The van der Waals surface area contributed by atoms with Crippen molar-refractivity contribution in [3.63, 3.8) is 0 Å². The van der Waals surface area contributed by atoms with Crippen LogP contribution in [0, 0.1) is 0 Å². The van der Waals surface area contributed by atoms with Crippen LogP contribution in [0.15, 0.2) is 96.2 Å². The smallest absolute Gasteiger partial charge is 0.257 e. The average Bonchev–Trinajstić information content (AvgIpc) is 3.60. The third kappa shape index (κ3) is 5.30. The Morgan fingerprint density at radius 2 is 1.76 bits per heavy atom. The minimum Gasteiger partial charge on any atom is -0.497 e. The minimum atomic E-state index is -0.350. The summed E-state index contributed by atoms with van der Waals surface area (Å²) in [5.41, 5.74) is 5.31. The van der Waals surface area contributed by atoms with Crippen molar-refractivity contribution < 1.29 is 14.6 Å². The molecule has 0 radical (unpaired) electrons. The lowest BCUT2D eigenvalue weighted by molar-refractivity contribution is -0.132. The fourth-order valence-electron chi connectivity index (χ4n) is 4.48. The monoisotopic (exact) mass is 495 g/mol. The molecule has 1 unspecified atom stereocenters. The van der Waals surface area contributed by atoms with E-state index in [1.54, 1.807) is 12.1 Å². The number of hydrogen-bond donors (Lipinski definition) is 2. The number of rotatable bonds is 9. The Bertz CT molecular complexity index is 1390. The molecule has 3 aromatic carbocycles. The average molecular weight is 496 g/mol. The molecule has 1 aliphatic rings. The highest BCUT2D eigenvalue weighted by Crippen LogP contribution is 2.38. The lowest BCUT2D eigenvalue weighted by atomic mass is 9.96. The van der Waals surface area contributed by atoms with Crippen LogP contribution in [0.4, 0.5) is 0 Å². The molecule has 5 rings (SSSR count). The Balaban J connectivity index is 1.58. The van der Waals surface area contributed by atoms with Gasteiger partial charge in [0.15, 0.2) is 0 Å². The molecular weight excluding hydrogens is 466 g/mol. The van der Waals surface area contributed by atoms with E-state index >= 15 is 0 Å². The summed E-state index contributed by atoms with van der Waals surface area (Å²) in [5, 5.41) is 23.4. The molecule has 1 aromatic heterocycles. The summed E-state index contributed by atoms with van der Waals surface area (Å²) in [6.07, 6.45) is 2.52. The summed E-state index contributed by atoms with van der Waals surface area (Å²) in [6, 6.07) is 27.3. The third-order valence-electron chi connectivity index (χ3n) is 6.30. The van der Waals surface area contributed by atoms with Gasteiger partial charge in [0.05, 0.1) is 43.4 Å². The van der Waals surface area contributed by atoms with Crippen molar-refractivity contribution in [2.24, 2.45) is 5.10 Å². The summed E-state index contributed by atoms with van der Waals surface area (Å²) in [4.78, 5) is 13.4. The molecule has 37 heavy (non-hydrogen) atoms. The first-order chi connectivity index (χ1) is 18.2. The number of aliphatic hydroxyl groups is 1. The Morgan fingerprint density at radius 1 is 1.03 bits per heavy atom. The molecule has 0 bridgehead atoms. The predicted octanol–water partition coefficient (Wildman–Crippen LogP) is 3.81. The highest BCUT2D eigenvalue weighted by molar-refractivity contribution is 6.03. The quantitative estimate of drug-likeness (QED) is 0.345. The Kier molecular flexibility index (Phi) is 7.39. The van der Waals surface area contributed by atoms with Crippen molar-refractivity contribution in [2.75, 3.05) is 26.8 Å². The van der Waals surface area contributed by atoms with E-state index in [-0.39, 0.29) is 25.1 Å². The van der Waals surface area contributed by atoms with E-state index in [1.807, 2.05) is 95.8 Å². The maximum Gasteiger partial charge on any atom is 0.257 e. The van der Waals surface area contributed by atoms with Gasteiger partial charge in [-0.15, -0.1) is 0 Å². The number of aliphatic hydroxyl groups excluding tert-OH is 1. The summed E-state index contributed by atoms with van der Waals surface area (Å²) < 4.78 is 7.27. The number of ether oxygens (including phenoxy) is 1. The van der Waals surface area contributed by atoms with Gasteiger partial charge in [-0.3, -0.25) is 4.79 Å². The molecule has 0 saturated heterocycles. The molecule has 8 nitrogen and oxygen atoms in total. The van der Waals surface area contributed by atoms with Gasteiger partial charge in [0, 0.05) is 35.9 Å². The van der Waals surface area contributed by atoms with E-state index in [9.17, 15) is 4.79 Å². The van der Waals surface area contributed by atoms with Gasteiger partial charge in [-0.1, -0.05) is 60.7 Å². The molecule has 0 aliphatic carbocycles. The first-order valence-corrected chi connectivity index (χ1v) is 12.2. The second kappa shape index (κ2) is 11.2. The Labute approximate surface area is 215 Å². The van der Waals surface area contributed by atoms with E-state index in [2.05, 4.69) is 5.32 Å². The van der Waals surface area contributed by atoms with Gasteiger partial charge in [0.2, 0.25) is 0 Å². The van der Waals surface area contributed by atoms with Gasteiger partial charge in [-0.25, -0.2) is 9.69 Å². The highest BCUT2D eigenvalue weighted by Gasteiger charge is 2.36. The van der Waals surface area contributed by atoms with Gasteiger partial charge in [-0.2, -0.15) is 10.2 Å². The fourth-order valence-corrected chi connectivity index (χ4v) is 4.48. The molecule has 4 aromatic rings. The summed E-state index contributed by atoms with van der Waals surface area (Å²) in [5.74, 6) is 0.552. The molecule has 1 atom stereocenters. The van der Waals surface area contributed by atoms with Crippen LogP contribution in [0.5, 0.6) is 5.75 Å². The lowest BCUT2D eigenvalue weighted by Gasteiger charge is -2.22. The number of aromatic nitrogens is 2. The highest BCUT2D eigenvalue weighted by atomic mass is 16.5. The van der Waals surface area contributed by atoms with Crippen LogP contribution < -0.4 is 10.1 Å². The van der Waals surface area contributed by atoms with Crippen LogP contribution >= 0.6 is 0 Å². The number of hydrazone groups is 1. The molecular formula is C29H29N5O3. The number of nitrogens with one attached hydrogen (secondary N) is 1. The van der Waals surface area contributed by atoms with E-state index in [0.717, 1.165) is 39.5 Å². The molecule has 1 aliphatic heterocycles. The third-order valence-corrected chi connectivity index (χ3v) is 6.30. The molecule has 188 valence electrons. The van der Waals surface area contributed by atoms with Crippen molar-refractivity contribution >= 4 is 11.6 Å². The van der Waals surface area contributed by atoms with Crippen molar-refractivity contribution in [1.29, 1.82) is 0 Å². The topological polar surface area (TPSA) is 92.0 Å². The fraction of sp³-hybridized carbons (Fsp3) is 0.207. The number of benzene rings is 3. The van der Waals surface area contributed by atoms with Crippen molar-refractivity contribution in [2.45, 2.75) is 12.5 Å². The number of hydrogen-bond acceptors (Lipinski definition) is 6. The zero-order valence-electron chi connectivity index (χ0n) is 20.6.